The van der Waals surface area contributed by atoms with Gasteiger partial charge in [-0.2, -0.15) is 5.26 Å². The van der Waals surface area contributed by atoms with Crippen LogP contribution in [0, 0.1) is 11.3 Å². The highest BCUT2D eigenvalue weighted by Crippen LogP contribution is 2.19. The van der Waals surface area contributed by atoms with Gasteiger partial charge in [-0.3, -0.25) is 4.79 Å². The van der Waals surface area contributed by atoms with Gasteiger partial charge in [-0.25, -0.2) is 0 Å². The molecule has 0 saturated heterocycles. The molecule has 0 fully saturated rings. The van der Waals surface area contributed by atoms with Gasteiger partial charge in [0.25, 0.3) is 0 Å². The lowest BCUT2D eigenvalue weighted by Crippen LogP contribution is -2.14. The molecule has 0 unspecified atom stereocenters. The Bertz CT molecular complexity index is 774. The number of ketones is 1. The van der Waals surface area contributed by atoms with Gasteiger partial charge in [0.1, 0.15) is 5.75 Å². The number of rotatable bonds is 5. The van der Waals surface area contributed by atoms with E-state index in [0.717, 1.165) is 0 Å². The molecule has 0 heterocycles. The Hall–Kier alpha value is -2.77. The highest BCUT2D eigenvalue weighted by molar-refractivity contribution is 6.31. The van der Waals surface area contributed by atoms with E-state index in [2.05, 4.69) is 0 Å². The summed E-state index contributed by atoms with van der Waals surface area (Å²) < 4.78 is 5.70. The average Bonchev–Trinajstić information content (AvgIpc) is 2.54. The van der Waals surface area contributed by atoms with Gasteiger partial charge in [0.15, 0.2) is 5.76 Å². The molecule has 0 aliphatic rings. The maximum absolute atomic E-state index is 12.6. The number of hydrogen-bond donors (Lipinski definition) is 0. The van der Waals surface area contributed by atoms with Crippen LogP contribution >= 0.6 is 11.6 Å². The summed E-state index contributed by atoms with van der Waals surface area (Å²) >= 11 is 5.94. The number of nitriles is 1. The third-order valence-corrected chi connectivity index (χ3v) is 3.13. The number of nitrogens with zero attached hydrogens (tertiary/aromatic N) is 2. The van der Waals surface area contributed by atoms with E-state index in [1.54, 1.807) is 73.7 Å². The largest absolute Gasteiger partial charge is 0.452 e. The monoisotopic (exact) mass is 326 g/mol. The van der Waals surface area contributed by atoms with Crippen LogP contribution in [0.3, 0.4) is 0 Å². The lowest BCUT2D eigenvalue weighted by atomic mass is 10.1. The quantitative estimate of drug-likeness (QED) is 0.475. The Morgan fingerprint density at radius 3 is 2.48 bits per heavy atom. The van der Waals surface area contributed by atoms with Crippen molar-refractivity contribution in [3.63, 3.8) is 0 Å². The second-order valence-electron chi connectivity index (χ2n) is 5.03. The van der Waals surface area contributed by atoms with Crippen molar-refractivity contribution in [1.82, 2.24) is 4.90 Å². The van der Waals surface area contributed by atoms with E-state index >= 15 is 0 Å². The summed E-state index contributed by atoms with van der Waals surface area (Å²) in [5.74, 6) is 0.375. The van der Waals surface area contributed by atoms with Crippen LogP contribution in [0.2, 0.25) is 5.02 Å². The molecule has 0 radical (unpaired) electrons. The Morgan fingerprint density at radius 1 is 1.22 bits per heavy atom. The molecular formula is C18H15ClN2O2. The second kappa shape index (κ2) is 7.48. The predicted molar refractivity (Wildman–Crippen MR) is 89.3 cm³/mol. The molecule has 0 atom stereocenters. The minimum Gasteiger partial charge on any atom is -0.452 e. The van der Waals surface area contributed by atoms with Gasteiger partial charge in [-0.05, 0) is 36.4 Å². The number of carbonyl (C=O) groups excluding carboxylic acids is 1. The number of benzene rings is 2. The zero-order valence-electron chi connectivity index (χ0n) is 12.8. The topological polar surface area (TPSA) is 53.3 Å². The van der Waals surface area contributed by atoms with E-state index in [4.69, 9.17) is 21.6 Å². The van der Waals surface area contributed by atoms with Crippen molar-refractivity contribution < 1.29 is 9.53 Å². The summed E-state index contributed by atoms with van der Waals surface area (Å²) in [6.45, 7) is 0. The predicted octanol–water partition coefficient (Wildman–Crippen LogP) is 3.88. The first-order valence-electron chi connectivity index (χ1n) is 6.86. The first kappa shape index (κ1) is 16.6. The molecule has 5 heteroatoms. The maximum atomic E-state index is 12.6. The van der Waals surface area contributed by atoms with Gasteiger partial charge in [0.05, 0.1) is 11.6 Å². The van der Waals surface area contributed by atoms with Crippen LogP contribution in [0.15, 0.2) is 60.5 Å². The Labute approximate surface area is 140 Å². The summed E-state index contributed by atoms with van der Waals surface area (Å²) in [6.07, 6.45) is 1.60. The maximum Gasteiger partial charge on any atom is 0.229 e. The number of carbonyl (C=O) groups is 1. The first-order chi connectivity index (χ1) is 11.0. The van der Waals surface area contributed by atoms with Crippen LogP contribution in [0.5, 0.6) is 5.75 Å². The fraction of sp³-hybridized carbons (Fsp3) is 0.111. The molecule has 2 aromatic rings. The molecule has 2 rings (SSSR count). The van der Waals surface area contributed by atoms with E-state index in [-0.39, 0.29) is 11.5 Å². The van der Waals surface area contributed by atoms with Crippen LogP contribution in [-0.4, -0.2) is 24.8 Å². The highest BCUT2D eigenvalue weighted by atomic mass is 35.5. The number of allylic oxidation sites excluding steroid dienone is 1. The molecule has 0 amide bonds. The SMILES string of the molecule is CN(C)/C=C(/Oc1ccc(C#N)cc1)C(=O)c1cccc(Cl)c1. The van der Waals surface area contributed by atoms with Gasteiger partial charge in [0, 0.05) is 30.9 Å². The second-order valence-corrected chi connectivity index (χ2v) is 5.47. The summed E-state index contributed by atoms with van der Waals surface area (Å²) in [5.41, 5.74) is 0.968. The zero-order valence-corrected chi connectivity index (χ0v) is 13.5. The number of halogens is 1. The molecule has 4 nitrogen and oxygen atoms in total. The fourth-order valence-corrected chi connectivity index (χ4v) is 2.05. The normalized spacial score (nSPS) is 10.8. The minimum absolute atomic E-state index is 0.168. The smallest absolute Gasteiger partial charge is 0.229 e. The average molecular weight is 327 g/mol. The van der Waals surface area contributed by atoms with Gasteiger partial charge in [-0.15, -0.1) is 0 Å². The van der Waals surface area contributed by atoms with Crippen LogP contribution in [0.4, 0.5) is 0 Å². The van der Waals surface area contributed by atoms with Crippen molar-refractivity contribution in [3.05, 3.63) is 76.6 Å². The summed E-state index contributed by atoms with van der Waals surface area (Å²) in [7, 11) is 3.60. The van der Waals surface area contributed by atoms with Crippen molar-refractivity contribution in [2.45, 2.75) is 0 Å². The van der Waals surface area contributed by atoms with Gasteiger partial charge in [0.2, 0.25) is 5.78 Å². The molecule has 0 aromatic heterocycles. The van der Waals surface area contributed by atoms with E-state index < -0.39 is 0 Å². The molecule has 2 aromatic carbocycles. The number of ether oxygens (including phenoxy) is 1. The first-order valence-corrected chi connectivity index (χ1v) is 7.24. The van der Waals surface area contributed by atoms with Gasteiger partial charge < -0.3 is 9.64 Å². The molecule has 23 heavy (non-hydrogen) atoms. The lowest BCUT2D eigenvalue weighted by Gasteiger charge is -2.13. The number of hydrogen-bond acceptors (Lipinski definition) is 4. The molecule has 0 aliphatic heterocycles. The Morgan fingerprint density at radius 2 is 1.91 bits per heavy atom. The molecule has 0 saturated carbocycles. The van der Waals surface area contributed by atoms with Gasteiger partial charge >= 0.3 is 0 Å². The van der Waals surface area contributed by atoms with Crippen LogP contribution in [0.25, 0.3) is 0 Å². The third-order valence-electron chi connectivity index (χ3n) is 2.90. The van der Waals surface area contributed by atoms with E-state index in [1.807, 2.05) is 6.07 Å². The summed E-state index contributed by atoms with van der Waals surface area (Å²) in [6, 6.07) is 15.3. The van der Waals surface area contributed by atoms with Crippen molar-refractivity contribution in [3.8, 4) is 11.8 Å². The zero-order chi connectivity index (χ0) is 16.8. The molecule has 116 valence electrons. The number of Topliss-reactive ketones (excluding diaryl/α,β-unsaturated/α-hetero) is 1. The standard InChI is InChI=1S/C18H15ClN2O2/c1-21(2)12-17(18(22)14-4-3-5-15(19)10-14)23-16-8-6-13(11-20)7-9-16/h3-10,12H,1-2H3/b17-12+. The highest BCUT2D eigenvalue weighted by Gasteiger charge is 2.16. The molecule has 0 spiro atoms. The van der Waals surface area contributed by atoms with Crippen molar-refractivity contribution in [1.29, 1.82) is 5.26 Å². The molecule has 0 aliphatic carbocycles. The lowest BCUT2D eigenvalue weighted by molar-refractivity contribution is 0.0982. The van der Waals surface area contributed by atoms with Crippen LogP contribution in [-0.2, 0) is 0 Å². The molecule has 0 bridgehead atoms. The van der Waals surface area contributed by atoms with Crippen LogP contribution in [0.1, 0.15) is 15.9 Å². The molecular weight excluding hydrogens is 312 g/mol. The molecule has 0 N–H and O–H groups in total. The Balaban J connectivity index is 2.30. The van der Waals surface area contributed by atoms with E-state index in [9.17, 15) is 4.79 Å². The summed E-state index contributed by atoms with van der Waals surface area (Å²) in [4.78, 5) is 14.4. The fourth-order valence-electron chi connectivity index (χ4n) is 1.86. The Kier molecular flexibility index (Phi) is 5.40. The van der Waals surface area contributed by atoms with E-state index in [0.29, 0.717) is 21.9 Å². The summed E-state index contributed by atoms with van der Waals surface area (Å²) in [5, 5.41) is 9.30. The minimum atomic E-state index is -0.273. The van der Waals surface area contributed by atoms with Crippen molar-refractivity contribution in [2.75, 3.05) is 14.1 Å². The third kappa shape index (κ3) is 4.60. The van der Waals surface area contributed by atoms with Crippen LogP contribution < -0.4 is 4.74 Å². The van der Waals surface area contributed by atoms with Crippen molar-refractivity contribution in [2.24, 2.45) is 0 Å². The van der Waals surface area contributed by atoms with E-state index in [1.165, 1.54) is 0 Å². The van der Waals surface area contributed by atoms with Gasteiger partial charge in [-0.1, -0.05) is 23.7 Å². The van der Waals surface area contributed by atoms with Crippen molar-refractivity contribution >= 4 is 17.4 Å².